The van der Waals surface area contributed by atoms with Gasteiger partial charge < -0.3 is 9.84 Å². The van der Waals surface area contributed by atoms with Crippen molar-refractivity contribution in [1.29, 1.82) is 0 Å². The highest BCUT2D eigenvalue weighted by Crippen LogP contribution is 2.23. The fourth-order valence-corrected chi connectivity index (χ4v) is 1.53. The van der Waals surface area contributed by atoms with Gasteiger partial charge in [-0.2, -0.15) is 0 Å². The predicted octanol–water partition coefficient (Wildman–Crippen LogP) is 2.67. The molecule has 0 aliphatic carbocycles. The highest BCUT2D eigenvalue weighted by molar-refractivity contribution is 6.42. The first-order chi connectivity index (χ1) is 7.95. The molecule has 6 heteroatoms. The standard InChI is InChI=1S/C11H10Cl2O4/c1-17-10(11(15)16)5-9(14)6-2-3-7(12)8(13)4-6/h2-4,10H,5H2,1H3,(H,15,16)/t10-/m1/s1. The molecule has 0 aliphatic rings. The van der Waals surface area contributed by atoms with Crippen LogP contribution in [0, 0.1) is 0 Å². The van der Waals surface area contributed by atoms with Crippen LogP contribution in [0.4, 0.5) is 0 Å². The Morgan fingerprint density at radius 3 is 2.47 bits per heavy atom. The van der Waals surface area contributed by atoms with Crippen LogP contribution in [0.15, 0.2) is 18.2 Å². The molecule has 0 fully saturated rings. The number of carboxylic acids is 1. The molecule has 0 bridgehead atoms. The third-order valence-corrected chi connectivity index (χ3v) is 2.91. The minimum atomic E-state index is -1.18. The van der Waals surface area contributed by atoms with Crippen molar-refractivity contribution in [1.82, 2.24) is 0 Å². The number of methoxy groups -OCH3 is 1. The zero-order chi connectivity index (χ0) is 13.0. The molecule has 92 valence electrons. The number of carbonyl (C=O) groups is 2. The Morgan fingerprint density at radius 2 is 2.00 bits per heavy atom. The van der Waals surface area contributed by atoms with E-state index in [2.05, 4.69) is 4.74 Å². The van der Waals surface area contributed by atoms with Crippen molar-refractivity contribution < 1.29 is 19.4 Å². The zero-order valence-corrected chi connectivity index (χ0v) is 10.5. The highest BCUT2D eigenvalue weighted by atomic mass is 35.5. The number of hydrogen-bond acceptors (Lipinski definition) is 3. The van der Waals surface area contributed by atoms with E-state index in [0.717, 1.165) is 0 Å². The lowest BCUT2D eigenvalue weighted by Gasteiger charge is -2.09. The van der Waals surface area contributed by atoms with Gasteiger partial charge in [-0.15, -0.1) is 0 Å². The third kappa shape index (κ3) is 3.70. The second-order valence-corrected chi connectivity index (χ2v) is 4.13. The van der Waals surface area contributed by atoms with Crippen molar-refractivity contribution in [3.05, 3.63) is 33.8 Å². The summed E-state index contributed by atoms with van der Waals surface area (Å²) in [4.78, 5) is 22.4. The fourth-order valence-electron chi connectivity index (χ4n) is 1.23. The Kier molecular flexibility index (Phi) is 4.93. The van der Waals surface area contributed by atoms with E-state index in [1.165, 1.54) is 25.3 Å². The molecule has 0 radical (unpaired) electrons. The van der Waals surface area contributed by atoms with Gasteiger partial charge in [0.05, 0.1) is 10.0 Å². The molecule has 0 amide bonds. The van der Waals surface area contributed by atoms with Crippen molar-refractivity contribution in [3.8, 4) is 0 Å². The minimum absolute atomic E-state index is 0.246. The molecule has 1 aromatic rings. The Morgan fingerprint density at radius 1 is 1.35 bits per heavy atom. The van der Waals surface area contributed by atoms with Gasteiger partial charge in [0.15, 0.2) is 11.9 Å². The summed E-state index contributed by atoms with van der Waals surface area (Å²) in [7, 11) is 1.24. The van der Waals surface area contributed by atoms with Crippen molar-refractivity contribution in [3.63, 3.8) is 0 Å². The average molecular weight is 277 g/mol. The predicted molar refractivity (Wildman–Crippen MR) is 63.8 cm³/mol. The van der Waals surface area contributed by atoms with Crippen molar-refractivity contribution in [2.45, 2.75) is 12.5 Å². The normalized spacial score (nSPS) is 12.2. The van der Waals surface area contributed by atoms with Crippen LogP contribution in [0.1, 0.15) is 16.8 Å². The average Bonchev–Trinajstić information content (AvgIpc) is 2.28. The zero-order valence-electron chi connectivity index (χ0n) is 8.94. The summed E-state index contributed by atoms with van der Waals surface area (Å²) < 4.78 is 4.68. The lowest BCUT2D eigenvalue weighted by atomic mass is 10.1. The molecule has 1 aromatic carbocycles. The SMILES string of the molecule is CO[C@H](CC(=O)c1ccc(Cl)c(Cl)c1)C(=O)O. The number of carboxylic acid groups (broad SMARTS) is 1. The van der Waals surface area contributed by atoms with Crippen LogP contribution in [0.5, 0.6) is 0 Å². The number of halogens is 2. The van der Waals surface area contributed by atoms with Gasteiger partial charge in [0.1, 0.15) is 0 Å². The largest absolute Gasteiger partial charge is 0.479 e. The molecular formula is C11H10Cl2O4. The third-order valence-electron chi connectivity index (χ3n) is 2.17. The van der Waals surface area contributed by atoms with Crippen LogP contribution >= 0.6 is 23.2 Å². The van der Waals surface area contributed by atoms with E-state index >= 15 is 0 Å². The van der Waals surface area contributed by atoms with E-state index in [4.69, 9.17) is 28.3 Å². The molecular weight excluding hydrogens is 267 g/mol. The molecule has 0 saturated heterocycles. The Labute approximate surface area is 108 Å². The smallest absolute Gasteiger partial charge is 0.333 e. The van der Waals surface area contributed by atoms with Crippen LogP contribution in [-0.2, 0) is 9.53 Å². The lowest BCUT2D eigenvalue weighted by Crippen LogP contribution is -2.25. The molecule has 0 aromatic heterocycles. The maximum atomic E-state index is 11.7. The number of aliphatic carboxylic acids is 1. The first kappa shape index (κ1) is 14.0. The summed E-state index contributed by atoms with van der Waals surface area (Å²) in [5, 5.41) is 9.33. The fraction of sp³-hybridized carbons (Fsp3) is 0.273. The van der Waals surface area contributed by atoms with Crippen LogP contribution < -0.4 is 0 Å². The number of Topliss-reactive ketones (excluding diaryl/α,β-unsaturated/α-hetero) is 1. The second kappa shape index (κ2) is 6.00. The van der Waals surface area contributed by atoms with E-state index in [1.54, 1.807) is 0 Å². The first-order valence-electron chi connectivity index (χ1n) is 4.69. The number of rotatable bonds is 5. The summed E-state index contributed by atoms with van der Waals surface area (Å²) in [5.41, 5.74) is 0.308. The maximum Gasteiger partial charge on any atom is 0.333 e. The van der Waals surface area contributed by atoms with Crippen LogP contribution in [0.25, 0.3) is 0 Å². The van der Waals surface area contributed by atoms with E-state index < -0.39 is 12.1 Å². The molecule has 1 atom stereocenters. The van der Waals surface area contributed by atoms with Crippen molar-refractivity contribution >= 4 is 35.0 Å². The molecule has 1 N–H and O–H groups in total. The number of ether oxygens (including phenoxy) is 1. The van der Waals surface area contributed by atoms with Gasteiger partial charge in [-0.25, -0.2) is 4.79 Å². The monoisotopic (exact) mass is 276 g/mol. The number of carbonyl (C=O) groups excluding carboxylic acids is 1. The summed E-state index contributed by atoms with van der Waals surface area (Å²) in [5.74, 6) is -1.54. The summed E-state index contributed by atoms with van der Waals surface area (Å²) in [6.45, 7) is 0. The second-order valence-electron chi connectivity index (χ2n) is 3.32. The van der Waals surface area contributed by atoms with E-state index in [1.807, 2.05) is 0 Å². The van der Waals surface area contributed by atoms with Gasteiger partial charge >= 0.3 is 5.97 Å². The van der Waals surface area contributed by atoms with Crippen LogP contribution in [0.3, 0.4) is 0 Å². The van der Waals surface area contributed by atoms with Crippen LogP contribution in [-0.4, -0.2) is 30.1 Å². The molecule has 0 spiro atoms. The Hall–Kier alpha value is -1.10. The van der Waals surface area contributed by atoms with Gasteiger partial charge in [-0.3, -0.25) is 4.79 Å². The molecule has 0 aliphatic heterocycles. The van der Waals surface area contributed by atoms with E-state index in [-0.39, 0.29) is 17.2 Å². The van der Waals surface area contributed by atoms with Gasteiger partial charge in [-0.05, 0) is 18.2 Å². The maximum absolute atomic E-state index is 11.7. The first-order valence-corrected chi connectivity index (χ1v) is 5.45. The summed E-state index contributed by atoms with van der Waals surface area (Å²) >= 11 is 11.5. The molecule has 1 rings (SSSR count). The molecule has 0 heterocycles. The molecule has 4 nitrogen and oxygen atoms in total. The van der Waals surface area contributed by atoms with Crippen LogP contribution in [0.2, 0.25) is 10.0 Å². The summed E-state index contributed by atoms with van der Waals surface area (Å²) in [6, 6.07) is 4.38. The Bertz CT molecular complexity index is 445. The molecule has 17 heavy (non-hydrogen) atoms. The minimum Gasteiger partial charge on any atom is -0.479 e. The number of benzene rings is 1. The van der Waals surface area contributed by atoms with Crippen molar-refractivity contribution in [2.24, 2.45) is 0 Å². The van der Waals surface area contributed by atoms with E-state index in [9.17, 15) is 9.59 Å². The van der Waals surface area contributed by atoms with Gasteiger partial charge in [-0.1, -0.05) is 23.2 Å². The topological polar surface area (TPSA) is 63.6 Å². The van der Waals surface area contributed by atoms with Gasteiger partial charge in [0.2, 0.25) is 0 Å². The molecule has 0 saturated carbocycles. The summed E-state index contributed by atoms with van der Waals surface area (Å²) in [6.07, 6.45) is -1.40. The van der Waals surface area contributed by atoms with Crippen molar-refractivity contribution in [2.75, 3.05) is 7.11 Å². The number of hydrogen-bond donors (Lipinski definition) is 1. The van der Waals surface area contributed by atoms with Gasteiger partial charge in [0.25, 0.3) is 0 Å². The quantitative estimate of drug-likeness (QED) is 0.840. The van der Waals surface area contributed by atoms with E-state index in [0.29, 0.717) is 10.6 Å². The molecule has 0 unspecified atom stereocenters. The van der Waals surface area contributed by atoms with Gasteiger partial charge in [0, 0.05) is 19.1 Å². The lowest BCUT2D eigenvalue weighted by molar-refractivity contribution is -0.148. The number of ketones is 1. The highest BCUT2D eigenvalue weighted by Gasteiger charge is 2.21. The Balaban J connectivity index is 2.82.